The van der Waals surface area contributed by atoms with Crippen LogP contribution in [0.15, 0.2) is 34.8 Å². The molecule has 2 amide bonds. The largest absolute Gasteiger partial charge is 0.382 e. The Kier molecular flexibility index (Phi) is 8.77. The Balaban J connectivity index is 1.41. The van der Waals surface area contributed by atoms with Crippen LogP contribution in [0.1, 0.15) is 18.2 Å². The van der Waals surface area contributed by atoms with Gasteiger partial charge in [-0.1, -0.05) is 23.9 Å². The zero-order chi connectivity index (χ0) is 27.2. The maximum Gasteiger partial charge on any atom is 0.236 e. The van der Waals surface area contributed by atoms with Gasteiger partial charge in [-0.05, 0) is 26.2 Å². The van der Waals surface area contributed by atoms with E-state index in [0.717, 1.165) is 23.9 Å². The highest BCUT2D eigenvalue weighted by atomic mass is 32.2. The number of nitrogens with two attached hydrogens (primary N) is 1. The van der Waals surface area contributed by atoms with Gasteiger partial charge in [0.2, 0.25) is 11.8 Å². The number of hydrogen-bond acceptors (Lipinski definition) is 11. The Morgan fingerprint density at radius 2 is 1.87 bits per heavy atom. The molecule has 1 aliphatic rings. The van der Waals surface area contributed by atoms with Crippen LogP contribution in [0.2, 0.25) is 0 Å². The van der Waals surface area contributed by atoms with Crippen LogP contribution >= 0.6 is 23.1 Å². The van der Waals surface area contributed by atoms with Gasteiger partial charge in [0.1, 0.15) is 17.5 Å². The highest BCUT2D eigenvalue weighted by Gasteiger charge is 2.23. The van der Waals surface area contributed by atoms with E-state index in [1.54, 1.807) is 35.6 Å². The van der Waals surface area contributed by atoms with Crippen LogP contribution in [0.4, 0.5) is 16.6 Å². The minimum Gasteiger partial charge on any atom is -0.382 e. The predicted octanol–water partition coefficient (Wildman–Crippen LogP) is 2.51. The van der Waals surface area contributed by atoms with Gasteiger partial charge in [0.25, 0.3) is 0 Å². The van der Waals surface area contributed by atoms with Crippen molar-refractivity contribution in [2.24, 2.45) is 0 Å². The second-order valence-electron chi connectivity index (χ2n) is 9.00. The Morgan fingerprint density at radius 1 is 1.16 bits per heavy atom. The number of nitriles is 1. The second kappa shape index (κ2) is 12.2. The van der Waals surface area contributed by atoms with Crippen molar-refractivity contribution in [1.82, 2.24) is 24.8 Å². The lowest BCUT2D eigenvalue weighted by Crippen LogP contribution is -2.50. The molecule has 4 rings (SSSR count). The molecule has 3 N–H and O–H groups in total. The van der Waals surface area contributed by atoms with Crippen LogP contribution in [-0.2, 0) is 15.3 Å². The van der Waals surface area contributed by atoms with Crippen LogP contribution in [0.3, 0.4) is 0 Å². The lowest BCUT2D eigenvalue weighted by atomic mass is 10.1. The zero-order valence-electron chi connectivity index (χ0n) is 21.5. The van der Waals surface area contributed by atoms with E-state index in [4.69, 9.17) is 10.7 Å². The first kappa shape index (κ1) is 27.3. The third kappa shape index (κ3) is 6.77. The van der Waals surface area contributed by atoms with E-state index in [1.165, 1.54) is 18.7 Å². The number of nitrogens with zero attached hydrogens (tertiary/aromatic N) is 7. The molecule has 0 spiro atoms. The van der Waals surface area contributed by atoms with E-state index >= 15 is 0 Å². The summed E-state index contributed by atoms with van der Waals surface area (Å²) in [6, 6.07) is 9.15. The van der Waals surface area contributed by atoms with E-state index < -0.39 is 0 Å². The molecule has 11 nitrogen and oxygen atoms in total. The molecule has 3 heterocycles. The summed E-state index contributed by atoms with van der Waals surface area (Å²) in [5.74, 6) is 0.648. The highest BCUT2D eigenvalue weighted by Crippen LogP contribution is 2.31. The molecule has 0 aliphatic carbocycles. The number of nitrogen functional groups attached to an aromatic ring is 1. The second-order valence-corrected chi connectivity index (χ2v) is 10.8. The first-order valence-electron chi connectivity index (χ1n) is 11.9. The number of carbonyl (C=O) groups excluding carboxylic acids is 2. The van der Waals surface area contributed by atoms with Gasteiger partial charge in [0.15, 0.2) is 10.3 Å². The summed E-state index contributed by atoms with van der Waals surface area (Å²) < 4.78 is 0. The number of likely N-dealkylation sites (N-methyl/N-ethyl adjacent to an activating group) is 1. The van der Waals surface area contributed by atoms with Crippen molar-refractivity contribution >= 4 is 51.5 Å². The minimum atomic E-state index is -0.164. The van der Waals surface area contributed by atoms with E-state index in [0.29, 0.717) is 47.5 Å². The molecule has 13 heteroatoms. The van der Waals surface area contributed by atoms with E-state index in [-0.39, 0.29) is 23.2 Å². The number of aromatic nitrogens is 3. The molecular formula is C25H29N9O2S2. The normalized spacial score (nSPS) is 13.4. The third-order valence-electron chi connectivity index (χ3n) is 5.75. The summed E-state index contributed by atoms with van der Waals surface area (Å²) in [5.41, 5.74) is 9.00. The highest BCUT2D eigenvalue weighted by molar-refractivity contribution is 7.98. The summed E-state index contributed by atoms with van der Waals surface area (Å²) in [6.45, 7) is 4.73. The number of piperazine rings is 1. The van der Waals surface area contributed by atoms with Crippen LogP contribution < -0.4 is 16.0 Å². The molecule has 0 bridgehead atoms. The molecule has 2 aromatic heterocycles. The Labute approximate surface area is 229 Å². The molecule has 1 aromatic carbocycles. The van der Waals surface area contributed by atoms with Crippen LogP contribution in [0, 0.1) is 11.3 Å². The van der Waals surface area contributed by atoms with Gasteiger partial charge in [-0.3, -0.25) is 9.59 Å². The standard InChI is InChI=1S/C25H29N9O2S2/c1-16(35)28-18-6-4-17(5-7-18)22-20(12-26)23(27)31-24(30-22)37-14-19-15-38-25(29-19)34-10-8-33(9-11-34)21(36)13-32(2)3/h4-7,15H,8-11,13-14H2,1-3H3,(H,28,35)(H2,27,30,31). The molecule has 198 valence electrons. The molecule has 0 radical (unpaired) electrons. The lowest BCUT2D eigenvalue weighted by Gasteiger charge is -2.35. The van der Waals surface area contributed by atoms with Crippen molar-refractivity contribution in [3.63, 3.8) is 0 Å². The number of thioether (sulfide) groups is 1. The van der Waals surface area contributed by atoms with E-state index in [9.17, 15) is 14.9 Å². The molecule has 1 saturated heterocycles. The van der Waals surface area contributed by atoms with Gasteiger partial charge in [0.05, 0.1) is 17.9 Å². The monoisotopic (exact) mass is 551 g/mol. The van der Waals surface area contributed by atoms with E-state index in [1.807, 2.05) is 29.3 Å². The molecule has 0 unspecified atom stereocenters. The summed E-state index contributed by atoms with van der Waals surface area (Å²) in [6.07, 6.45) is 0. The zero-order valence-corrected chi connectivity index (χ0v) is 23.1. The number of carbonyl (C=O) groups is 2. The quantitative estimate of drug-likeness (QED) is 0.316. The van der Waals surface area contributed by atoms with Crippen molar-refractivity contribution in [2.75, 3.05) is 62.8 Å². The van der Waals surface area contributed by atoms with Crippen LogP contribution in [0.25, 0.3) is 11.3 Å². The Hall–Kier alpha value is -3.73. The predicted molar refractivity (Wildman–Crippen MR) is 150 cm³/mol. The lowest BCUT2D eigenvalue weighted by molar-refractivity contribution is -0.132. The maximum atomic E-state index is 12.3. The molecule has 0 saturated carbocycles. The number of rotatable bonds is 8. The molecule has 1 aliphatic heterocycles. The van der Waals surface area contributed by atoms with Crippen molar-refractivity contribution in [2.45, 2.75) is 17.8 Å². The number of benzene rings is 1. The van der Waals surface area contributed by atoms with Crippen molar-refractivity contribution < 1.29 is 9.59 Å². The summed E-state index contributed by atoms with van der Waals surface area (Å²) in [7, 11) is 3.79. The minimum absolute atomic E-state index is 0.117. The molecular weight excluding hydrogens is 522 g/mol. The number of amides is 2. The summed E-state index contributed by atoms with van der Waals surface area (Å²) in [5, 5.41) is 15.7. The van der Waals surface area contributed by atoms with Gasteiger partial charge in [0, 0.05) is 55.5 Å². The smallest absolute Gasteiger partial charge is 0.236 e. The average molecular weight is 552 g/mol. The fraction of sp³-hybridized carbons (Fsp3) is 0.360. The first-order chi connectivity index (χ1) is 18.2. The maximum absolute atomic E-state index is 12.3. The van der Waals surface area contributed by atoms with Gasteiger partial charge in [-0.25, -0.2) is 15.0 Å². The van der Waals surface area contributed by atoms with Crippen LogP contribution in [-0.4, -0.2) is 83.4 Å². The van der Waals surface area contributed by atoms with Crippen molar-refractivity contribution in [3.05, 3.63) is 40.9 Å². The van der Waals surface area contributed by atoms with Gasteiger partial charge in [-0.2, -0.15) is 5.26 Å². The molecule has 1 fully saturated rings. The number of anilines is 3. The molecule has 3 aromatic rings. The third-order valence-corrected chi connectivity index (χ3v) is 7.58. The molecule has 38 heavy (non-hydrogen) atoms. The topological polar surface area (TPSA) is 144 Å². The number of thiazole rings is 1. The van der Waals surface area contributed by atoms with Gasteiger partial charge < -0.3 is 25.8 Å². The van der Waals surface area contributed by atoms with Crippen molar-refractivity contribution in [1.29, 1.82) is 5.26 Å². The Morgan fingerprint density at radius 3 is 2.50 bits per heavy atom. The summed E-state index contributed by atoms with van der Waals surface area (Å²) in [4.78, 5) is 43.3. The number of hydrogen-bond donors (Lipinski definition) is 2. The van der Waals surface area contributed by atoms with Crippen LogP contribution in [0.5, 0.6) is 0 Å². The van der Waals surface area contributed by atoms with E-state index in [2.05, 4.69) is 26.3 Å². The first-order valence-corrected chi connectivity index (χ1v) is 13.8. The fourth-order valence-corrected chi connectivity index (χ4v) is 5.65. The van der Waals surface area contributed by atoms with Gasteiger partial charge >= 0.3 is 0 Å². The summed E-state index contributed by atoms with van der Waals surface area (Å²) >= 11 is 2.97. The Bertz CT molecular complexity index is 1340. The van der Waals surface area contributed by atoms with Crippen molar-refractivity contribution in [3.8, 4) is 17.3 Å². The fourth-order valence-electron chi connectivity index (χ4n) is 3.92. The number of nitrogens with one attached hydrogen (secondary N) is 1. The van der Waals surface area contributed by atoms with Gasteiger partial charge in [-0.15, -0.1) is 11.3 Å². The SMILES string of the molecule is CC(=O)Nc1ccc(-c2nc(SCc3csc(N4CCN(C(=O)CN(C)C)CC4)n3)nc(N)c2C#N)cc1. The average Bonchev–Trinajstić information content (AvgIpc) is 3.36. The molecule has 0 atom stereocenters.